The van der Waals surface area contributed by atoms with Gasteiger partial charge in [-0.15, -0.1) is 0 Å². The molecule has 0 unspecified atom stereocenters. The SMILES string of the molecule is O=C(O)CCCSc1nc2cc(F)c(F)cc2n1Cc1cccc2ccccc12. The quantitative estimate of drug-likeness (QED) is 0.323. The van der Waals surface area contributed by atoms with Crippen molar-refractivity contribution in [3.05, 3.63) is 71.8 Å². The number of hydrogen-bond donors (Lipinski definition) is 1. The topological polar surface area (TPSA) is 55.1 Å². The van der Waals surface area contributed by atoms with Crippen LogP contribution in [-0.2, 0) is 11.3 Å². The van der Waals surface area contributed by atoms with Gasteiger partial charge in [-0.3, -0.25) is 4.79 Å². The Bertz CT molecular complexity index is 1200. The first kappa shape index (κ1) is 19.4. The number of carboxylic acids is 1. The molecule has 7 heteroatoms. The summed E-state index contributed by atoms with van der Waals surface area (Å²) in [6.45, 7) is 0.449. The number of aliphatic carboxylic acids is 1. The number of carbonyl (C=O) groups is 1. The highest BCUT2D eigenvalue weighted by molar-refractivity contribution is 7.99. The Balaban J connectivity index is 1.75. The minimum Gasteiger partial charge on any atom is -0.481 e. The van der Waals surface area contributed by atoms with Gasteiger partial charge in [-0.1, -0.05) is 54.2 Å². The number of carboxylic acid groups (broad SMARTS) is 1. The molecule has 0 radical (unpaired) electrons. The van der Waals surface area contributed by atoms with E-state index in [2.05, 4.69) is 4.98 Å². The molecule has 4 rings (SSSR count). The van der Waals surface area contributed by atoms with Crippen molar-refractivity contribution in [1.82, 2.24) is 9.55 Å². The number of halogens is 2. The highest BCUT2D eigenvalue weighted by Crippen LogP contribution is 2.29. The molecule has 4 aromatic rings. The van der Waals surface area contributed by atoms with Crippen LogP contribution in [0.15, 0.2) is 59.8 Å². The van der Waals surface area contributed by atoms with E-state index in [1.54, 1.807) is 0 Å². The van der Waals surface area contributed by atoms with E-state index in [1.807, 2.05) is 47.0 Å². The lowest BCUT2D eigenvalue weighted by Gasteiger charge is -2.11. The van der Waals surface area contributed by atoms with Gasteiger partial charge in [-0.05, 0) is 22.8 Å². The molecule has 0 atom stereocenters. The predicted octanol–water partition coefficient (Wildman–Crippen LogP) is 5.47. The van der Waals surface area contributed by atoms with Crippen LogP contribution < -0.4 is 0 Å². The molecule has 148 valence electrons. The first-order chi connectivity index (χ1) is 14.0. The lowest BCUT2D eigenvalue weighted by Crippen LogP contribution is -2.03. The van der Waals surface area contributed by atoms with E-state index < -0.39 is 17.6 Å². The summed E-state index contributed by atoms with van der Waals surface area (Å²) in [5, 5.41) is 11.6. The molecule has 0 bridgehead atoms. The molecule has 0 saturated heterocycles. The fraction of sp³-hybridized carbons (Fsp3) is 0.182. The van der Waals surface area contributed by atoms with Crippen molar-refractivity contribution in [2.45, 2.75) is 24.5 Å². The molecule has 0 spiro atoms. The van der Waals surface area contributed by atoms with Crippen LogP contribution in [0.25, 0.3) is 21.8 Å². The molecule has 0 saturated carbocycles. The zero-order valence-corrected chi connectivity index (χ0v) is 16.3. The molecule has 0 fully saturated rings. The highest BCUT2D eigenvalue weighted by atomic mass is 32.2. The third kappa shape index (κ3) is 4.10. The van der Waals surface area contributed by atoms with Gasteiger partial charge < -0.3 is 9.67 Å². The van der Waals surface area contributed by atoms with E-state index in [1.165, 1.54) is 17.8 Å². The number of nitrogens with zero attached hydrogens (tertiary/aromatic N) is 2. The Labute approximate surface area is 170 Å². The Hall–Kier alpha value is -2.93. The van der Waals surface area contributed by atoms with Gasteiger partial charge in [0, 0.05) is 24.3 Å². The lowest BCUT2D eigenvalue weighted by molar-refractivity contribution is -0.137. The number of thioether (sulfide) groups is 1. The maximum atomic E-state index is 13.9. The number of fused-ring (bicyclic) bond motifs is 2. The third-order valence-corrected chi connectivity index (χ3v) is 5.79. The smallest absolute Gasteiger partial charge is 0.303 e. The van der Waals surface area contributed by atoms with Gasteiger partial charge in [0.15, 0.2) is 16.8 Å². The average molecular weight is 412 g/mol. The fourth-order valence-corrected chi connectivity index (χ4v) is 4.30. The highest BCUT2D eigenvalue weighted by Gasteiger charge is 2.16. The van der Waals surface area contributed by atoms with Gasteiger partial charge in [0.25, 0.3) is 0 Å². The first-order valence-corrected chi connectivity index (χ1v) is 10.2. The van der Waals surface area contributed by atoms with Crippen LogP contribution in [0.5, 0.6) is 0 Å². The minimum absolute atomic E-state index is 0.0693. The van der Waals surface area contributed by atoms with Crippen molar-refractivity contribution < 1.29 is 18.7 Å². The van der Waals surface area contributed by atoms with Gasteiger partial charge in [-0.25, -0.2) is 13.8 Å². The summed E-state index contributed by atoms with van der Waals surface area (Å²) in [5.41, 5.74) is 1.93. The normalized spacial score (nSPS) is 11.4. The second-order valence-electron chi connectivity index (χ2n) is 6.72. The van der Waals surface area contributed by atoms with E-state index in [0.29, 0.717) is 34.9 Å². The van der Waals surface area contributed by atoms with Crippen molar-refractivity contribution >= 4 is 39.5 Å². The van der Waals surface area contributed by atoms with Gasteiger partial charge in [0.1, 0.15) is 0 Å². The summed E-state index contributed by atoms with van der Waals surface area (Å²) in [6.07, 6.45) is 0.556. The lowest BCUT2D eigenvalue weighted by atomic mass is 10.0. The van der Waals surface area contributed by atoms with E-state index >= 15 is 0 Å². The number of imidazole rings is 1. The summed E-state index contributed by atoms with van der Waals surface area (Å²) in [7, 11) is 0. The summed E-state index contributed by atoms with van der Waals surface area (Å²) in [5.74, 6) is -2.15. The first-order valence-electron chi connectivity index (χ1n) is 9.19. The van der Waals surface area contributed by atoms with Crippen LogP contribution in [0.2, 0.25) is 0 Å². The van der Waals surface area contributed by atoms with E-state index in [9.17, 15) is 13.6 Å². The molecule has 3 aromatic carbocycles. The number of benzene rings is 3. The number of rotatable bonds is 7. The molecule has 0 amide bonds. The maximum Gasteiger partial charge on any atom is 0.303 e. The molecule has 29 heavy (non-hydrogen) atoms. The Morgan fingerprint density at radius 1 is 1.07 bits per heavy atom. The van der Waals surface area contributed by atoms with Crippen LogP contribution in [0.3, 0.4) is 0 Å². The molecule has 0 aliphatic rings. The molecule has 1 heterocycles. The van der Waals surface area contributed by atoms with Crippen LogP contribution in [0.1, 0.15) is 18.4 Å². The van der Waals surface area contributed by atoms with Crippen molar-refractivity contribution in [1.29, 1.82) is 0 Å². The molecular weight excluding hydrogens is 394 g/mol. The van der Waals surface area contributed by atoms with Gasteiger partial charge in [0.05, 0.1) is 17.6 Å². The molecule has 0 aliphatic carbocycles. The second-order valence-corrected chi connectivity index (χ2v) is 7.78. The minimum atomic E-state index is -0.935. The molecule has 1 N–H and O–H groups in total. The van der Waals surface area contributed by atoms with Crippen molar-refractivity contribution in [2.75, 3.05) is 5.75 Å². The van der Waals surface area contributed by atoms with Crippen molar-refractivity contribution in [3.63, 3.8) is 0 Å². The second kappa shape index (κ2) is 8.21. The molecule has 1 aromatic heterocycles. The van der Waals surface area contributed by atoms with E-state index in [4.69, 9.17) is 5.11 Å². The summed E-state index contributed by atoms with van der Waals surface area (Å²) >= 11 is 1.39. The van der Waals surface area contributed by atoms with Gasteiger partial charge in [0.2, 0.25) is 0 Å². The van der Waals surface area contributed by atoms with Crippen molar-refractivity contribution in [3.8, 4) is 0 Å². The standard InChI is InChI=1S/C22H18F2N2O2S/c23-17-11-19-20(12-18(17)24)26(22(25-19)29-10-4-9-21(27)28)13-15-7-3-6-14-5-1-2-8-16(14)15/h1-3,5-8,11-12H,4,9-10,13H2,(H,27,28). The fourth-order valence-electron chi connectivity index (χ4n) is 3.35. The summed E-state index contributed by atoms with van der Waals surface area (Å²) in [4.78, 5) is 15.2. The Kier molecular flexibility index (Phi) is 5.49. The number of aromatic nitrogens is 2. The van der Waals surface area contributed by atoms with Crippen LogP contribution in [0, 0.1) is 11.6 Å². The van der Waals surface area contributed by atoms with Crippen LogP contribution >= 0.6 is 11.8 Å². The third-order valence-electron chi connectivity index (χ3n) is 4.73. The van der Waals surface area contributed by atoms with Crippen molar-refractivity contribution in [2.24, 2.45) is 0 Å². The zero-order chi connectivity index (χ0) is 20.4. The van der Waals surface area contributed by atoms with Gasteiger partial charge in [-0.2, -0.15) is 0 Å². The Morgan fingerprint density at radius 2 is 1.83 bits per heavy atom. The largest absolute Gasteiger partial charge is 0.481 e. The molecule has 4 nitrogen and oxygen atoms in total. The van der Waals surface area contributed by atoms with E-state index in [-0.39, 0.29) is 6.42 Å². The Morgan fingerprint density at radius 3 is 2.66 bits per heavy atom. The zero-order valence-electron chi connectivity index (χ0n) is 15.4. The summed E-state index contributed by atoms with van der Waals surface area (Å²) in [6, 6.07) is 16.3. The molecule has 0 aliphatic heterocycles. The summed E-state index contributed by atoms with van der Waals surface area (Å²) < 4.78 is 29.5. The monoisotopic (exact) mass is 412 g/mol. The van der Waals surface area contributed by atoms with Crippen LogP contribution in [0.4, 0.5) is 8.78 Å². The number of hydrogen-bond acceptors (Lipinski definition) is 3. The average Bonchev–Trinajstić information content (AvgIpc) is 3.02. The maximum absolute atomic E-state index is 13.9. The predicted molar refractivity (Wildman–Crippen MR) is 110 cm³/mol. The van der Waals surface area contributed by atoms with Crippen LogP contribution in [-0.4, -0.2) is 26.4 Å². The molecular formula is C22H18F2N2O2S. The van der Waals surface area contributed by atoms with Gasteiger partial charge >= 0.3 is 5.97 Å². The van der Waals surface area contributed by atoms with E-state index in [0.717, 1.165) is 22.4 Å².